The molecular weight excluding hydrogens is 538 g/mol. The van der Waals surface area contributed by atoms with Crippen LogP contribution in [0.15, 0.2) is 36.4 Å². The molecule has 4 heterocycles. The summed E-state index contributed by atoms with van der Waals surface area (Å²) in [6.45, 7) is 7.31. The first-order valence-electron chi connectivity index (χ1n) is 15.9. The number of hydrogen-bond donors (Lipinski definition) is 0. The normalized spacial score (nSPS) is 22.5. The zero-order chi connectivity index (χ0) is 29.5. The molecule has 0 spiro atoms. The van der Waals surface area contributed by atoms with Crippen LogP contribution in [-0.4, -0.2) is 84.1 Å². The Morgan fingerprint density at radius 2 is 1.86 bits per heavy atom. The number of anilines is 2. The number of rotatable bonds is 7. The Hall–Kier alpha value is -3.90. The predicted molar refractivity (Wildman–Crippen MR) is 167 cm³/mol. The maximum Gasteiger partial charge on any atom is 0.318 e. The molecule has 2 atom stereocenters. The number of benzene rings is 2. The van der Waals surface area contributed by atoms with Crippen LogP contribution in [0, 0.1) is 24.2 Å². The summed E-state index contributed by atoms with van der Waals surface area (Å²) in [6, 6.07) is 16.0. The maximum absolute atomic E-state index is 13.0. The number of aromatic nitrogens is 2. The van der Waals surface area contributed by atoms with Gasteiger partial charge in [0.25, 0.3) is 0 Å². The third kappa shape index (κ3) is 5.49. The van der Waals surface area contributed by atoms with Gasteiger partial charge in [0.2, 0.25) is 5.91 Å². The Kier molecular flexibility index (Phi) is 7.56. The highest BCUT2D eigenvalue weighted by atomic mass is 16.5. The zero-order valence-electron chi connectivity index (χ0n) is 25.3. The van der Waals surface area contributed by atoms with Crippen LogP contribution in [0.5, 0.6) is 6.01 Å². The van der Waals surface area contributed by atoms with Gasteiger partial charge in [-0.05, 0) is 69.6 Å². The Morgan fingerprint density at radius 1 is 1.02 bits per heavy atom. The minimum atomic E-state index is -0.132. The van der Waals surface area contributed by atoms with E-state index >= 15 is 0 Å². The molecular formula is C34H41N7O2. The molecule has 1 aromatic heterocycles. The number of ether oxygens (including phenoxy) is 1. The lowest BCUT2D eigenvalue weighted by Crippen LogP contribution is -2.56. The summed E-state index contributed by atoms with van der Waals surface area (Å²) in [5.41, 5.74) is 4.67. The lowest BCUT2D eigenvalue weighted by atomic mass is 9.99. The fourth-order valence-corrected chi connectivity index (χ4v) is 7.23. The fourth-order valence-electron chi connectivity index (χ4n) is 7.23. The summed E-state index contributed by atoms with van der Waals surface area (Å²) in [6.07, 6.45) is 5.40. The van der Waals surface area contributed by atoms with E-state index in [0.717, 1.165) is 55.8 Å². The Morgan fingerprint density at radius 3 is 2.63 bits per heavy atom. The number of aryl methyl sites for hydroxylation is 1. The van der Waals surface area contributed by atoms with E-state index in [0.29, 0.717) is 51.3 Å². The largest absolute Gasteiger partial charge is 0.462 e. The first-order valence-corrected chi connectivity index (χ1v) is 15.9. The molecule has 2 saturated heterocycles. The molecule has 0 radical (unpaired) electrons. The summed E-state index contributed by atoms with van der Waals surface area (Å²) in [5.74, 6) is 1.28. The third-order valence-corrected chi connectivity index (χ3v) is 9.85. The fraction of sp³-hybridized carbons (Fsp3) is 0.529. The van der Waals surface area contributed by atoms with Crippen LogP contribution in [0.25, 0.3) is 10.8 Å². The van der Waals surface area contributed by atoms with Crippen molar-refractivity contribution in [2.24, 2.45) is 5.92 Å². The van der Waals surface area contributed by atoms with Crippen molar-refractivity contribution >= 4 is 28.2 Å². The number of nitrogens with zero attached hydrogens (tertiary/aromatic N) is 7. The zero-order valence-corrected chi connectivity index (χ0v) is 25.3. The molecule has 1 aliphatic carbocycles. The number of amides is 1. The molecule has 9 heteroatoms. The standard InChI is InChI=1S/C34H41N7O2/c1-23-6-3-7-24-8-4-10-30(31(23)24)39-17-14-28-29(21-39)36-34(43-22-27-9-5-16-38(27)2)37-32(28)40-18-19-41(26(20-40)13-15-35)33(42)25-11-12-25/h3-4,6-8,10,25-27H,5,9,11-14,16-22H2,1-2H3/t26-,27-/m0/s1. The van der Waals surface area contributed by atoms with Crippen molar-refractivity contribution < 1.29 is 9.53 Å². The van der Waals surface area contributed by atoms with Crippen molar-refractivity contribution in [3.05, 3.63) is 53.2 Å². The van der Waals surface area contributed by atoms with Crippen molar-refractivity contribution in [2.45, 2.75) is 64.1 Å². The van der Waals surface area contributed by atoms with Crippen LogP contribution in [-0.2, 0) is 17.8 Å². The second kappa shape index (κ2) is 11.6. The average molecular weight is 580 g/mol. The Labute approximate surface area is 254 Å². The van der Waals surface area contributed by atoms with Gasteiger partial charge in [-0.15, -0.1) is 0 Å². The second-order valence-corrected chi connectivity index (χ2v) is 12.7. The molecule has 2 aromatic carbocycles. The molecule has 1 saturated carbocycles. The van der Waals surface area contributed by atoms with Crippen LogP contribution in [0.2, 0.25) is 0 Å². The van der Waals surface area contributed by atoms with Crippen LogP contribution >= 0.6 is 0 Å². The molecule has 4 aliphatic rings. The van der Waals surface area contributed by atoms with Crippen molar-refractivity contribution in [3.8, 4) is 12.1 Å². The van der Waals surface area contributed by atoms with Gasteiger partial charge in [0.05, 0.1) is 30.8 Å². The number of hydrogen-bond acceptors (Lipinski definition) is 8. The number of likely N-dealkylation sites (N-methyl/N-ethyl adjacent to an activating group) is 1. The third-order valence-electron chi connectivity index (χ3n) is 9.85. The van der Waals surface area contributed by atoms with Gasteiger partial charge >= 0.3 is 6.01 Å². The van der Waals surface area contributed by atoms with E-state index in [9.17, 15) is 10.1 Å². The van der Waals surface area contributed by atoms with Crippen LogP contribution in [0.1, 0.15) is 48.9 Å². The van der Waals surface area contributed by atoms with E-state index in [-0.39, 0.29) is 17.9 Å². The smallest absolute Gasteiger partial charge is 0.318 e. The van der Waals surface area contributed by atoms with Gasteiger partial charge in [-0.25, -0.2) is 0 Å². The SMILES string of the molecule is Cc1cccc2cccc(N3CCc4c(nc(OC[C@@H]5CCCN5C)nc4N4CCN(C(=O)C5CC5)[C@@H](CC#N)C4)C3)c12. The van der Waals surface area contributed by atoms with E-state index in [4.69, 9.17) is 14.7 Å². The molecule has 224 valence electrons. The van der Waals surface area contributed by atoms with Crippen molar-refractivity contribution in [1.29, 1.82) is 5.26 Å². The lowest BCUT2D eigenvalue weighted by molar-refractivity contribution is -0.135. The van der Waals surface area contributed by atoms with E-state index < -0.39 is 0 Å². The summed E-state index contributed by atoms with van der Waals surface area (Å²) in [5, 5.41) is 12.2. The minimum Gasteiger partial charge on any atom is -0.462 e. The maximum atomic E-state index is 13.0. The minimum absolute atomic E-state index is 0.132. The Balaban J connectivity index is 1.21. The molecule has 43 heavy (non-hydrogen) atoms. The van der Waals surface area contributed by atoms with Crippen LogP contribution in [0.4, 0.5) is 11.5 Å². The van der Waals surface area contributed by atoms with E-state index in [1.165, 1.54) is 28.4 Å². The van der Waals surface area contributed by atoms with Gasteiger partial charge in [-0.3, -0.25) is 4.79 Å². The highest BCUT2D eigenvalue weighted by Gasteiger charge is 2.40. The highest BCUT2D eigenvalue weighted by molar-refractivity contribution is 5.97. The summed E-state index contributed by atoms with van der Waals surface area (Å²) >= 11 is 0. The first-order chi connectivity index (χ1) is 21.0. The number of carbonyl (C=O) groups excluding carboxylic acids is 1. The van der Waals surface area contributed by atoms with Crippen LogP contribution < -0.4 is 14.5 Å². The molecule has 1 amide bonds. The van der Waals surface area contributed by atoms with E-state index in [2.05, 4.69) is 71.1 Å². The van der Waals surface area contributed by atoms with Gasteiger partial charge < -0.3 is 24.3 Å². The molecule has 3 aliphatic heterocycles. The predicted octanol–water partition coefficient (Wildman–Crippen LogP) is 4.31. The molecule has 0 N–H and O–H groups in total. The monoisotopic (exact) mass is 579 g/mol. The molecule has 0 bridgehead atoms. The number of piperazine rings is 1. The van der Waals surface area contributed by atoms with Gasteiger partial charge in [0.15, 0.2) is 0 Å². The number of nitriles is 1. The van der Waals surface area contributed by atoms with Gasteiger partial charge in [0, 0.05) is 54.8 Å². The summed E-state index contributed by atoms with van der Waals surface area (Å²) < 4.78 is 6.34. The topological polar surface area (TPSA) is 88.8 Å². The van der Waals surface area contributed by atoms with Crippen molar-refractivity contribution in [1.82, 2.24) is 19.8 Å². The second-order valence-electron chi connectivity index (χ2n) is 12.7. The lowest BCUT2D eigenvalue weighted by Gasteiger charge is -2.42. The summed E-state index contributed by atoms with van der Waals surface area (Å²) in [7, 11) is 2.15. The number of carbonyl (C=O) groups is 1. The molecule has 3 fully saturated rings. The molecule has 3 aromatic rings. The molecule has 9 nitrogen and oxygen atoms in total. The van der Waals surface area contributed by atoms with Crippen LogP contribution in [0.3, 0.4) is 0 Å². The molecule has 7 rings (SSSR count). The van der Waals surface area contributed by atoms with E-state index in [1.807, 2.05) is 4.90 Å². The first kappa shape index (κ1) is 27.9. The molecule has 0 unspecified atom stereocenters. The average Bonchev–Trinajstić information content (AvgIpc) is 3.80. The number of fused-ring (bicyclic) bond motifs is 2. The van der Waals surface area contributed by atoms with E-state index in [1.54, 1.807) is 0 Å². The number of likely N-dealkylation sites (tertiary alicyclic amines) is 1. The van der Waals surface area contributed by atoms with Crippen molar-refractivity contribution in [2.75, 3.05) is 56.2 Å². The summed E-state index contributed by atoms with van der Waals surface area (Å²) in [4.78, 5) is 32.1. The van der Waals surface area contributed by atoms with Gasteiger partial charge in [0.1, 0.15) is 12.4 Å². The quantitative estimate of drug-likeness (QED) is 0.409. The van der Waals surface area contributed by atoms with Gasteiger partial charge in [-0.1, -0.05) is 30.3 Å². The van der Waals surface area contributed by atoms with Crippen molar-refractivity contribution in [3.63, 3.8) is 0 Å². The highest BCUT2D eigenvalue weighted by Crippen LogP contribution is 2.37. The Bertz CT molecular complexity index is 1560. The van der Waals surface area contributed by atoms with Gasteiger partial charge in [-0.2, -0.15) is 15.2 Å².